The number of amides is 1. The minimum atomic E-state index is -0.259. The lowest BCUT2D eigenvalue weighted by molar-refractivity contribution is 0.0556. The number of carbonyl (C=O) groups is 1. The van der Waals surface area contributed by atoms with Crippen molar-refractivity contribution in [2.24, 2.45) is 0 Å². The van der Waals surface area contributed by atoms with Gasteiger partial charge in [0.1, 0.15) is 11.5 Å². The topological polar surface area (TPSA) is 41.4 Å². The molecule has 1 aromatic carbocycles. The first-order valence-electron chi connectivity index (χ1n) is 9.52. The number of fused-ring (bicyclic) bond motifs is 3. The number of nitrogens with zero attached hydrogens (tertiary/aromatic N) is 4. The summed E-state index contributed by atoms with van der Waals surface area (Å²) in [6.45, 7) is 3.04. The Kier molecular flexibility index (Phi) is 4.20. The molecule has 1 fully saturated rings. The van der Waals surface area contributed by atoms with Gasteiger partial charge in [0.2, 0.25) is 0 Å². The molecule has 142 valence electrons. The van der Waals surface area contributed by atoms with Gasteiger partial charge >= 0.3 is 0 Å². The summed E-state index contributed by atoms with van der Waals surface area (Å²) in [6, 6.07) is 14.6. The molecule has 0 bridgehead atoms. The maximum Gasteiger partial charge on any atom is 0.271 e. The Bertz CT molecular complexity index is 985. The molecule has 1 amide bonds. The maximum atomic E-state index is 13.3. The van der Waals surface area contributed by atoms with Crippen molar-refractivity contribution in [3.05, 3.63) is 89.8 Å². The van der Waals surface area contributed by atoms with E-state index >= 15 is 0 Å². The van der Waals surface area contributed by atoms with E-state index in [2.05, 4.69) is 14.5 Å². The predicted molar refractivity (Wildman–Crippen MR) is 103 cm³/mol. The third-order valence-electron chi connectivity index (χ3n) is 5.77. The van der Waals surface area contributed by atoms with E-state index in [1.165, 1.54) is 17.7 Å². The van der Waals surface area contributed by atoms with E-state index in [1.807, 2.05) is 47.8 Å². The average molecular weight is 376 g/mol. The van der Waals surface area contributed by atoms with Crippen molar-refractivity contribution in [2.45, 2.75) is 25.2 Å². The Morgan fingerprint density at radius 3 is 2.43 bits per heavy atom. The van der Waals surface area contributed by atoms with Gasteiger partial charge in [-0.3, -0.25) is 14.7 Å². The number of pyridine rings is 1. The number of rotatable bonds is 4. The monoisotopic (exact) mass is 376 g/mol. The van der Waals surface area contributed by atoms with Crippen molar-refractivity contribution < 1.29 is 9.18 Å². The van der Waals surface area contributed by atoms with Crippen LogP contribution in [0.15, 0.2) is 67.1 Å². The van der Waals surface area contributed by atoms with Crippen molar-refractivity contribution in [3.63, 3.8) is 0 Å². The highest BCUT2D eigenvalue weighted by Gasteiger charge is 2.44. The Balaban J connectivity index is 1.43. The first-order valence-corrected chi connectivity index (χ1v) is 9.52. The average Bonchev–Trinajstić information content (AvgIpc) is 3.34. The summed E-state index contributed by atoms with van der Waals surface area (Å²) >= 11 is 0. The molecule has 3 aromatic rings. The lowest BCUT2D eigenvalue weighted by Crippen LogP contribution is -2.49. The molecule has 2 unspecified atom stereocenters. The summed E-state index contributed by atoms with van der Waals surface area (Å²) < 4.78 is 15.4. The summed E-state index contributed by atoms with van der Waals surface area (Å²) in [7, 11) is 0. The van der Waals surface area contributed by atoms with E-state index in [1.54, 1.807) is 12.1 Å². The summed E-state index contributed by atoms with van der Waals surface area (Å²) in [5.74, 6) is -0.216. The molecule has 5 rings (SSSR count). The molecule has 1 saturated heterocycles. The van der Waals surface area contributed by atoms with Crippen LogP contribution in [0, 0.1) is 5.82 Å². The summed E-state index contributed by atoms with van der Waals surface area (Å²) in [6.07, 6.45) is 5.63. The maximum absolute atomic E-state index is 13.3. The molecule has 0 N–H and O–H groups in total. The van der Waals surface area contributed by atoms with Crippen LogP contribution in [0.4, 0.5) is 4.39 Å². The summed E-state index contributed by atoms with van der Waals surface area (Å²) in [5.41, 5.74) is 2.90. The van der Waals surface area contributed by atoms with Crippen LogP contribution in [0.3, 0.4) is 0 Å². The molecular formula is C22H21FN4O. The van der Waals surface area contributed by atoms with E-state index in [0.717, 1.165) is 30.9 Å². The molecule has 0 aliphatic carbocycles. The zero-order valence-electron chi connectivity index (χ0n) is 15.4. The fraction of sp³-hybridized carbons (Fsp3) is 0.273. The van der Waals surface area contributed by atoms with Crippen molar-refractivity contribution in [3.8, 4) is 0 Å². The molecular weight excluding hydrogens is 355 g/mol. The van der Waals surface area contributed by atoms with E-state index in [9.17, 15) is 9.18 Å². The molecule has 2 aromatic heterocycles. The van der Waals surface area contributed by atoms with Crippen LogP contribution in [0.25, 0.3) is 0 Å². The highest BCUT2D eigenvalue weighted by molar-refractivity contribution is 5.94. The molecule has 0 saturated carbocycles. The number of hydrogen-bond acceptors (Lipinski definition) is 3. The van der Waals surface area contributed by atoms with Crippen LogP contribution in [-0.2, 0) is 13.1 Å². The molecule has 2 aliphatic heterocycles. The van der Waals surface area contributed by atoms with Gasteiger partial charge in [0.15, 0.2) is 0 Å². The standard InChI is InChI=1S/C22H21FN4O/c23-18-5-3-16(4-6-18)13-27-21-15-25(12-17-7-9-24-10-8-17)14-20(21)26-11-1-2-19(26)22(27)28/h1-11,20-21H,12-15H2. The highest BCUT2D eigenvalue weighted by Crippen LogP contribution is 2.35. The van der Waals surface area contributed by atoms with Gasteiger partial charge in [-0.25, -0.2) is 4.39 Å². The van der Waals surface area contributed by atoms with Crippen molar-refractivity contribution >= 4 is 5.91 Å². The fourth-order valence-corrected chi connectivity index (χ4v) is 4.44. The molecule has 0 radical (unpaired) electrons. The summed E-state index contributed by atoms with van der Waals surface area (Å²) in [5, 5.41) is 0. The zero-order valence-corrected chi connectivity index (χ0v) is 15.4. The number of likely N-dealkylation sites (tertiary alicyclic amines) is 1. The van der Waals surface area contributed by atoms with Gasteiger partial charge in [0, 0.05) is 44.8 Å². The van der Waals surface area contributed by atoms with Crippen molar-refractivity contribution in [1.82, 2.24) is 19.4 Å². The highest BCUT2D eigenvalue weighted by atomic mass is 19.1. The predicted octanol–water partition coefficient (Wildman–Crippen LogP) is 3.10. The van der Waals surface area contributed by atoms with Crippen molar-refractivity contribution in [1.29, 1.82) is 0 Å². The second-order valence-corrected chi connectivity index (χ2v) is 7.54. The molecule has 2 atom stereocenters. The zero-order chi connectivity index (χ0) is 19.1. The van der Waals surface area contributed by atoms with Gasteiger partial charge < -0.3 is 9.47 Å². The van der Waals surface area contributed by atoms with Crippen LogP contribution in [0.2, 0.25) is 0 Å². The Labute approximate surface area is 163 Å². The third kappa shape index (κ3) is 2.99. The van der Waals surface area contributed by atoms with Gasteiger partial charge in [-0.15, -0.1) is 0 Å². The van der Waals surface area contributed by atoms with Crippen LogP contribution < -0.4 is 0 Å². The number of hydrogen-bond donors (Lipinski definition) is 0. The summed E-state index contributed by atoms with van der Waals surface area (Å²) in [4.78, 5) is 21.6. The Hall–Kier alpha value is -2.99. The lowest BCUT2D eigenvalue weighted by atomic mass is 10.0. The first kappa shape index (κ1) is 17.1. The van der Waals surface area contributed by atoms with E-state index in [-0.39, 0.29) is 23.8 Å². The molecule has 5 nitrogen and oxygen atoms in total. The molecule has 4 heterocycles. The van der Waals surface area contributed by atoms with Crippen LogP contribution in [0.1, 0.15) is 27.7 Å². The van der Waals surface area contributed by atoms with Crippen molar-refractivity contribution in [2.75, 3.05) is 13.1 Å². The number of aromatic nitrogens is 2. The first-order chi connectivity index (χ1) is 13.7. The Morgan fingerprint density at radius 1 is 0.929 bits per heavy atom. The van der Waals surface area contributed by atoms with Crippen LogP contribution >= 0.6 is 0 Å². The van der Waals surface area contributed by atoms with Crippen LogP contribution in [-0.4, -0.2) is 44.4 Å². The molecule has 0 spiro atoms. The minimum absolute atomic E-state index is 0.0429. The molecule has 2 aliphatic rings. The second-order valence-electron chi connectivity index (χ2n) is 7.54. The van der Waals surface area contributed by atoms with Gasteiger partial charge in [-0.05, 0) is 47.5 Å². The van der Waals surface area contributed by atoms with E-state index in [0.29, 0.717) is 6.54 Å². The van der Waals surface area contributed by atoms with Gasteiger partial charge in [0.05, 0.1) is 12.1 Å². The van der Waals surface area contributed by atoms with E-state index in [4.69, 9.17) is 0 Å². The normalized spacial score (nSPS) is 21.6. The number of carbonyl (C=O) groups excluding carboxylic acids is 1. The fourth-order valence-electron chi connectivity index (χ4n) is 4.44. The van der Waals surface area contributed by atoms with E-state index < -0.39 is 0 Å². The smallest absolute Gasteiger partial charge is 0.271 e. The Morgan fingerprint density at radius 2 is 1.64 bits per heavy atom. The second kappa shape index (κ2) is 6.87. The number of benzene rings is 1. The molecule has 6 heteroatoms. The van der Waals surface area contributed by atoms with Gasteiger partial charge in [-0.1, -0.05) is 12.1 Å². The van der Waals surface area contributed by atoms with Crippen LogP contribution in [0.5, 0.6) is 0 Å². The molecule has 28 heavy (non-hydrogen) atoms. The largest absolute Gasteiger partial charge is 0.337 e. The minimum Gasteiger partial charge on any atom is -0.337 e. The lowest BCUT2D eigenvalue weighted by Gasteiger charge is -2.38. The SMILES string of the molecule is O=C1c2cccn2C2CN(Cc3ccncc3)CC2N1Cc1ccc(F)cc1. The van der Waals surface area contributed by atoms with Gasteiger partial charge in [-0.2, -0.15) is 0 Å². The van der Waals surface area contributed by atoms with Gasteiger partial charge in [0.25, 0.3) is 5.91 Å². The quantitative estimate of drug-likeness (QED) is 0.703. The third-order valence-corrected chi connectivity index (χ3v) is 5.77. The number of halogens is 1.